The van der Waals surface area contributed by atoms with Crippen molar-refractivity contribution in [1.29, 1.82) is 0 Å². The van der Waals surface area contributed by atoms with E-state index in [1.807, 2.05) is 0 Å². The third kappa shape index (κ3) is 3.55. The van der Waals surface area contributed by atoms with Crippen molar-refractivity contribution in [1.82, 2.24) is 0 Å². The first-order valence-corrected chi connectivity index (χ1v) is 6.98. The summed E-state index contributed by atoms with van der Waals surface area (Å²) in [5.41, 5.74) is 2.95. The number of hydrogen-bond donors (Lipinski definition) is 0. The van der Waals surface area contributed by atoms with E-state index in [1.54, 1.807) is 0 Å². The molecule has 0 amide bonds. The van der Waals surface area contributed by atoms with Gasteiger partial charge in [0.2, 0.25) is 0 Å². The van der Waals surface area contributed by atoms with Crippen LogP contribution in [0.4, 0.5) is 0 Å². The molecule has 15 heavy (non-hydrogen) atoms. The zero-order valence-corrected chi connectivity index (χ0v) is 9.92. The van der Waals surface area contributed by atoms with Gasteiger partial charge in [-0.25, -0.2) is 0 Å². The van der Waals surface area contributed by atoms with Crippen LogP contribution in [0.25, 0.3) is 0 Å². The van der Waals surface area contributed by atoms with Crippen LogP contribution < -0.4 is 0 Å². The van der Waals surface area contributed by atoms with Crippen LogP contribution in [0.15, 0.2) is 60.7 Å². The summed E-state index contributed by atoms with van der Waals surface area (Å²) in [5, 5.41) is 2.52. The second kappa shape index (κ2) is 5.76. The van der Waals surface area contributed by atoms with E-state index in [0.717, 1.165) is 0 Å². The summed E-state index contributed by atoms with van der Waals surface area (Å²) in [6, 6.07) is 21.5. The molecule has 0 fully saturated rings. The van der Waals surface area contributed by atoms with Gasteiger partial charge in [0.05, 0.1) is 0 Å². The van der Waals surface area contributed by atoms with Gasteiger partial charge in [0.15, 0.2) is 0 Å². The Labute approximate surface area is 99.2 Å². The molecule has 0 bridgehead atoms. The van der Waals surface area contributed by atoms with Gasteiger partial charge in [0.1, 0.15) is 0 Å². The van der Waals surface area contributed by atoms with Crippen LogP contribution in [0.1, 0.15) is 12.6 Å². The predicted octanol–water partition coefficient (Wildman–Crippen LogP) is 3.20. The van der Waals surface area contributed by atoms with Crippen LogP contribution in [0.3, 0.4) is 0 Å². The van der Waals surface area contributed by atoms with E-state index in [1.165, 1.54) is 21.7 Å². The maximum absolute atomic E-state index is 2.22. The van der Waals surface area contributed by atoms with Crippen LogP contribution in [0.5, 0.6) is 0 Å². The van der Waals surface area contributed by atoms with E-state index in [-0.39, 0.29) is 1.43 Å². The summed E-state index contributed by atoms with van der Waals surface area (Å²) in [4.78, 5) is 0. The number of hydrogen-bond acceptors (Lipinski definition) is 0. The first kappa shape index (κ1) is 10.5. The van der Waals surface area contributed by atoms with Gasteiger partial charge in [0.25, 0.3) is 0 Å². The first-order chi connectivity index (χ1) is 7.45. The van der Waals surface area contributed by atoms with E-state index in [0.29, 0.717) is 15.2 Å². The van der Waals surface area contributed by atoms with Crippen molar-refractivity contribution in [2.45, 2.75) is 10.6 Å². The molecule has 74 valence electrons. The molecule has 1 heteroatoms. The number of benzene rings is 2. The normalized spacial score (nSPS) is 9.60. The molecule has 0 spiro atoms. The minimum absolute atomic E-state index is 0. The van der Waals surface area contributed by atoms with Crippen molar-refractivity contribution in [3.63, 3.8) is 0 Å². The van der Waals surface area contributed by atoms with Crippen LogP contribution >= 0.6 is 0 Å². The fourth-order valence-electron chi connectivity index (χ4n) is 1.63. The van der Waals surface area contributed by atoms with Crippen LogP contribution in [-0.4, -0.2) is 15.2 Å². The molecule has 0 nitrogen and oxygen atoms in total. The van der Waals surface area contributed by atoms with E-state index in [4.69, 9.17) is 0 Å². The summed E-state index contributed by atoms with van der Waals surface area (Å²) < 4.78 is 0. The van der Waals surface area contributed by atoms with Crippen LogP contribution in [0.2, 0.25) is 0 Å². The molecule has 0 aliphatic heterocycles. The quantitative estimate of drug-likeness (QED) is 0.680. The second-order valence-corrected chi connectivity index (χ2v) is 5.06. The van der Waals surface area contributed by atoms with Crippen molar-refractivity contribution in [3.8, 4) is 0 Å². The molecule has 2 aromatic rings. The molecule has 0 unspecified atom stereocenters. The van der Waals surface area contributed by atoms with Gasteiger partial charge in [-0.2, -0.15) is 0 Å². The molecule has 0 saturated heterocycles. The number of rotatable bonds is 4. The molecule has 2 rings (SSSR count). The Morgan fingerprint density at radius 1 is 0.667 bits per heavy atom. The van der Waals surface area contributed by atoms with E-state index in [2.05, 4.69) is 60.7 Å². The molecular weight excluding hydrogens is 195 g/mol. The molecule has 0 atom stereocenters. The van der Waals surface area contributed by atoms with Gasteiger partial charge in [-0.3, -0.25) is 0 Å². The Morgan fingerprint density at radius 2 is 1.07 bits per heavy atom. The van der Waals surface area contributed by atoms with Gasteiger partial charge < -0.3 is 1.43 Å². The summed E-state index contributed by atoms with van der Waals surface area (Å²) in [7, 11) is 0. The minimum atomic E-state index is 0. The zero-order chi connectivity index (χ0) is 10.3. The molecule has 0 aromatic heterocycles. The summed E-state index contributed by atoms with van der Waals surface area (Å²) in [6.07, 6.45) is 0. The molecular formula is C14H15Al. The first-order valence-electron chi connectivity index (χ1n) is 5.34. The van der Waals surface area contributed by atoms with Crippen molar-refractivity contribution in [2.75, 3.05) is 0 Å². The molecule has 0 aliphatic rings. The SMILES string of the molecule is [H-].c1ccc([CH2][Al+][CH2]c2ccccc2)cc1. The van der Waals surface area contributed by atoms with E-state index < -0.39 is 0 Å². The molecule has 2 aromatic carbocycles. The fraction of sp³-hybridized carbons (Fsp3) is 0.143. The molecule has 0 N–H and O–H groups in total. The summed E-state index contributed by atoms with van der Waals surface area (Å²) >= 11 is 0.501. The fourth-order valence-corrected chi connectivity index (χ4v) is 2.99. The van der Waals surface area contributed by atoms with Crippen molar-refractivity contribution < 1.29 is 1.43 Å². The topological polar surface area (TPSA) is 0 Å². The molecule has 0 heterocycles. The van der Waals surface area contributed by atoms with Crippen molar-refractivity contribution >= 4 is 15.2 Å². The second-order valence-electron chi connectivity index (χ2n) is 3.67. The summed E-state index contributed by atoms with van der Waals surface area (Å²) in [6.45, 7) is 0. The van der Waals surface area contributed by atoms with Gasteiger partial charge in [-0.15, -0.1) is 0 Å². The van der Waals surface area contributed by atoms with E-state index in [9.17, 15) is 0 Å². The van der Waals surface area contributed by atoms with Gasteiger partial charge in [-0.05, 0) is 0 Å². The van der Waals surface area contributed by atoms with Crippen LogP contribution in [0, 0.1) is 0 Å². The molecule has 0 saturated carbocycles. The maximum atomic E-state index is 2.22. The average molecular weight is 210 g/mol. The Kier molecular flexibility index (Phi) is 4.03. The molecule has 0 radical (unpaired) electrons. The van der Waals surface area contributed by atoms with Crippen molar-refractivity contribution in [2.24, 2.45) is 0 Å². The zero-order valence-electron chi connectivity index (χ0n) is 9.77. The molecule has 0 aliphatic carbocycles. The van der Waals surface area contributed by atoms with Crippen molar-refractivity contribution in [3.05, 3.63) is 71.8 Å². The standard InChI is InChI=1S/2C7H7.Al.H/c2*1-7-5-3-2-4-6-7;;/h2*2-6H,1H2;;/q;;+1;-1. The predicted molar refractivity (Wildman–Crippen MR) is 67.2 cm³/mol. The third-order valence-corrected chi connectivity index (χ3v) is 3.97. The van der Waals surface area contributed by atoms with Gasteiger partial charge in [-0.1, -0.05) is 0 Å². The summed E-state index contributed by atoms with van der Waals surface area (Å²) in [5.74, 6) is 0. The Balaban J connectivity index is 0.00000128. The Bertz CT molecular complexity index is 346. The Hall–Kier alpha value is -1.03. The van der Waals surface area contributed by atoms with Gasteiger partial charge in [0, 0.05) is 0 Å². The Morgan fingerprint density at radius 3 is 1.47 bits per heavy atom. The van der Waals surface area contributed by atoms with Gasteiger partial charge >= 0.3 is 97.6 Å². The monoisotopic (exact) mass is 210 g/mol. The third-order valence-electron chi connectivity index (χ3n) is 2.45. The van der Waals surface area contributed by atoms with Crippen LogP contribution in [-0.2, 0) is 10.6 Å². The average Bonchev–Trinajstić information content (AvgIpc) is 2.32. The van der Waals surface area contributed by atoms with E-state index >= 15 is 0 Å².